The van der Waals surface area contributed by atoms with Gasteiger partial charge in [-0.15, -0.1) is 0 Å². The second-order valence-electron chi connectivity index (χ2n) is 9.11. The summed E-state index contributed by atoms with van der Waals surface area (Å²) in [6, 6.07) is 24.2. The van der Waals surface area contributed by atoms with Crippen LogP contribution in [0.3, 0.4) is 0 Å². The summed E-state index contributed by atoms with van der Waals surface area (Å²) in [5.74, 6) is 1.55. The van der Waals surface area contributed by atoms with Gasteiger partial charge in [-0.1, -0.05) is 36.4 Å². The molecule has 38 heavy (non-hydrogen) atoms. The molecule has 0 N–H and O–H groups in total. The summed E-state index contributed by atoms with van der Waals surface area (Å²) >= 11 is 0. The number of para-hydroxylation sites is 4. The van der Waals surface area contributed by atoms with Gasteiger partial charge < -0.3 is 9.13 Å². The highest BCUT2D eigenvalue weighted by molar-refractivity contribution is 6.01. The maximum Gasteiger partial charge on any atom is 0.157 e. The largest absolute Gasteiger partial charge is 0.318 e. The zero-order valence-corrected chi connectivity index (χ0v) is 21.2. The number of benzene rings is 2. The molecule has 0 unspecified atom stereocenters. The Morgan fingerprint density at radius 2 is 1.05 bits per heavy atom. The quantitative estimate of drug-likeness (QED) is 0.215. The second-order valence-corrected chi connectivity index (χ2v) is 9.11. The van der Waals surface area contributed by atoms with Crippen LogP contribution in [0.25, 0.3) is 22.1 Å². The molecule has 0 spiro atoms. The highest BCUT2D eigenvalue weighted by Gasteiger charge is 2.16. The van der Waals surface area contributed by atoms with Crippen LogP contribution >= 0.6 is 0 Å². The summed E-state index contributed by atoms with van der Waals surface area (Å²) in [5, 5.41) is 9.25. The number of pyridine rings is 2. The average Bonchev–Trinajstić information content (AvgIpc) is 3.51. The van der Waals surface area contributed by atoms with E-state index in [4.69, 9.17) is 9.97 Å². The Kier molecular flexibility index (Phi) is 6.27. The maximum absolute atomic E-state index is 4.88. The smallest absolute Gasteiger partial charge is 0.157 e. The van der Waals surface area contributed by atoms with Crippen LogP contribution in [0.1, 0.15) is 36.6 Å². The van der Waals surface area contributed by atoms with Gasteiger partial charge in [0.15, 0.2) is 11.6 Å². The summed E-state index contributed by atoms with van der Waals surface area (Å²) in [6.07, 6.45) is 7.31. The number of rotatable bonds is 7. The highest BCUT2D eigenvalue weighted by Crippen LogP contribution is 2.20. The minimum atomic E-state index is 0.639. The molecule has 0 amide bonds. The zero-order chi connectivity index (χ0) is 25.9. The molecule has 4 aromatic heterocycles. The van der Waals surface area contributed by atoms with Gasteiger partial charge in [0.05, 0.1) is 35.2 Å². The first-order valence-electron chi connectivity index (χ1n) is 12.5. The fourth-order valence-electron chi connectivity index (χ4n) is 4.61. The Labute approximate surface area is 220 Å². The van der Waals surface area contributed by atoms with E-state index in [1.54, 1.807) is 12.4 Å². The molecule has 0 fully saturated rings. The van der Waals surface area contributed by atoms with Gasteiger partial charge in [-0.05, 0) is 61.4 Å². The van der Waals surface area contributed by atoms with Gasteiger partial charge in [-0.2, -0.15) is 10.2 Å². The van der Waals surface area contributed by atoms with Crippen molar-refractivity contribution in [2.75, 3.05) is 0 Å². The van der Waals surface area contributed by atoms with Crippen LogP contribution in [0.5, 0.6) is 0 Å². The second kappa shape index (κ2) is 10.2. The summed E-state index contributed by atoms with van der Waals surface area (Å²) in [4.78, 5) is 18.3. The van der Waals surface area contributed by atoms with Crippen LogP contribution in [0.15, 0.2) is 108 Å². The molecule has 0 saturated carbocycles. The summed E-state index contributed by atoms with van der Waals surface area (Å²) in [6.45, 7) is 5.16. The van der Waals surface area contributed by atoms with Gasteiger partial charge in [0.1, 0.15) is 11.4 Å². The monoisotopic (exact) mass is 498 g/mol. The van der Waals surface area contributed by atoms with Crippen LogP contribution in [0.4, 0.5) is 0 Å². The first-order chi connectivity index (χ1) is 18.7. The average molecular weight is 499 g/mol. The standard InChI is InChI=1S/C30H26N8/c1-21(29-33-25-11-3-5-13-27(25)37(29)19-23-9-7-15-31-17-23)35-36-22(2)30-34-26-12-4-6-14-28(26)38(30)20-24-10-8-16-32-18-24/h3-18H,19-20H2,1-2H3/b35-21+,36-22+. The van der Waals surface area contributed by atoms with E-state index in [-0.39, 0.29) is 0 Å². The molecule has 0 saturated heterocycles. The molecular weight excluding hydrogens is 472 g/mol. The summed E-state index contributed by atoms with van der Waals surface area (Å²) in [7, 11) is 0. The molecule has 0 aliphatic heterocycles. The first kappa shape index (κ1) is 23.4. The fraction of sp³-hybridized carbons (Fsp3) is 0.133. The topological polar surface area (TPSA) is 86.1 Å². The van der Waals surface area contributed by atoms with Crippen molar-refractivity contribution >= 4 is 33.5 Å². The third-order valence-corrected chi connectivity index (χ3v) is 6.43. The van der Waals surface area contributed by atoms with Gasteiger partial charge in [-0.3, -0.25) is 9.97 Å². The van der Waals surface area contributed by atoms with Gasteiger partial charge in [-0.25, -0.2) is 9.97 Å². The van der Waals surface area contributed by atoms with Crippen LogP contribution in [0.2, 0.25) is 0 Å². The fourth-order valence-corrected chi connectivity index (χ4v) is 4.61. The van der Waals surface area contributed by atoms with E-state index in [2.05, 4.69) is 53.6 Å². The normalized spacial score (nSPS) is 12.5. The van der Waals surface area contributed by atoms with Crippen LogP contribution in [0, 0.1) is 0 Å². The molecule has 0 bridgehead atoms. The lowest BCUT2D eigenvalue weighted by molar-refractivity contribution is 0.805. The number of nitrogens with zero attached hydrogens (tertiary/aromatic N) is 8. The molecule has 0 aliphatic carbocycles. The van der Waals surface area contributed by atoms with E-state index < -0.39 is 0 Å². The Hall–Kier alpha value is -4.98. The van der Waals surface area contributed by atoms with E-state index in [0.29, 0.717) is 13.1 Å². The number of hydrogen-bond acceptors (Lipinski definition) is 6. The van der Waals surface area contributed by atoms with Crippen LogP contribution in [-0.4, -0.2) is 40.5 Å². The van der Waals surface area contributed by atoms with Crippen molar-refractivity contribution in [3.05, 3.63) is 120 Å². The zero-order valence-electron chi connectivity index (χ0n) is 21.2. The first-order valence-corrected chi connectivity index (χ1v) is 12.5. The lowest BCUT2D eigenvalue weighted by Crippen LogP contribution is -2.11. The number of imidazole rings is 2. The molecule has 4 heterocycles. The number of fused-ring (bicyclic) bond motifs is 2. The van der Waals surface area contributed by atoms with Gasteiger partial charge >= 0.3 is 0 Å². The SMILES string of the molecule is C/C(=N\N=C(/C)c1nc2ccccc2n1Cc1cccnc1)c1nc2ccccc2n1Cc1cccnc1. The predicted octanol–water partition coefficient (Wildman–Crippen LogP) is 5.51. The molecule has 0 aliphatic rings. The summed E-state index contributed by atoms with van der Waals surface area (Å²) in [5.41, 5.74) is 7.54. The van der Waals surface area contributed by atoms with E-state index in [0.717, 1.165) is 56.3 Å². The molecule has 0 radical (unpaired) electrons. The summed E-state index contributed by atoms with van der Waals surface area (Å²) < 4.78 is 4.32. The lowest BCUT2D eigenvalue weighted by Gasteiger charge is -2.09. The Balaban J connectivity index is 1.39. The van der Waals surface area contributed by atoms with Crippen molar-refractivity contribution in [3.63, 3.8) is 0 Å². The van der Waals surface area contributed by atoms with Crippen molar-refractivity contribution < 1.29 is 0 Å². The third-order valence-electron chi connectivity index (χ3n) is 6.43. The molecule has 8 heteroatoms. The highest BCUT2D eigenvalue weighted by atomic mass is 15.2. The minimum Gasteiger partial charge on any atom is -0.318 e. The van der Waals surface area contributed by atoms with Gasteiger partial charge in [0.25, 0.3) is 0 Å². The van der Waals surface area contributed by atoms with E-state index in [1.165, 1.54) is 0 Å². The molecule has 0 atom stereocenters. The minimum absolute atomic E-state index is 0.639. The van der Waals surface area contributed by atoms with Crippen molar-refractivity contribution in [2.45, 2.75) is 26.9 Å². The Bertz CT molecular complexity index is 1650. The van der Waals surface area contributed by atoms with Gasteiger partial charge in [0, 0.05) is 24.8 Å². The molecule has 8 nitrogen and oxygen atoms in total. The van der Waals surface area contributed by atoms with Gasteiger partial charge in [0.2, 0.25) is 0 Å². The van der Waals surface area contributed by atoms with E-state index in [1.807, 2.05) is 74.8 Å². The van der Waals surface area contributed by atoms with Crippen molar-refractivity contribution in [1.82, 2.24) is 29.1 Å². The predicted molar refractivity (Wildman–Crippen MR) is 151 cm³/mol. The third kappa shape index (κ3) is 4.59. The van der Waals surface area contributed by atoms with Crippen molar-refractivity contribution in [2.24, 2.45) is 10.2 Å². The van der Waals surface area contributed by atoms with Crippen LogP contribution in [-0.2, 0) is 13.1 Å². The van der Waals surface area contributed by atoms with E-state index in [9.17, 15) is 0 Å². The molecule has 6 aromatic rings. The van der Waals surface area contributed by atoms with E-state index >= 15 is 0 Å². The number of aromatic nitrogens is 6. The van der Waals surface area contributed by atoms with Crippen LogP contribution < -0.4 is 0 Å². The Morgan fingerprint density at radius 1 is 0.605 bits per heavy atom. The maximum atomic E-state index is 4.88. The molecule has 186 valence electrons. The molecular formula is C30H26N8. The Morgan fingerprint density at radius 3 is 1.47 bits per heavy atom. The molecule has 6 rings (SSSR count). The number of hydrogen-bond donors (Lipinski definition) is 0. The lowest BCUT2D eigenvalue weighted by atomic mass is 10.2. The van der Waals surface area contributed by atoms with Crippen molar-refractivity contribution in [1.29, 1.82) is 0 Å². The van der Waals surface area contributed by atoms with Crippen molar-refractivity contribution in [3.8, 4) is 0 Å². The molecule has 2 aromatic carbocycles.